The molecule has 3 amide bonds. The highest BCUT2D eigenvalue weighted by Gasteiger charge is 2.28. The van der Waals surface area contributed by atoms with Crippen LogP contribution in [0.1, 0.15) is 46.0 Å². The molecule has 147 valence electrons. The molecule has 0 aromatic rings. The average Bonchev–Trinajstić information content (AvgIpc) is 2.59. The Morgan fingerprint density at radius 2 is 1.69 bits per heavy atom. The molecule has 0 aromatic carbocycles. The van der Waals surface area contributed by atoms with Crippen molar-refractivity contribution in [2.75, 3.05) is 0 Å². The number of nitrogens with one attached hydrogen (secondary N) is 2. The van der Waals surface area contributed by atoms with Gasteiger partial charge in [-0.15, -0.1) is 0 Å². The van der Waals surface area contributed by atoms with Gasteiger partial charge in [-0.2, -0.15) is 0 Å². The maximum absolute atomic E-state index is 12.3. The van der Waals surface area contributed by atoms with Gasteiger partial charge < -0.3 is 27.2 Å². The van der Waals surface area contributed by atoms with Crippen LogP contribution in [-0.4, -0.2) is 53.2 Å². The lowest BCUT2D eigenvalue weighted by atomic mass is 9.98. The molecule has 0 saturated carbocycles. The van der Waals surface area contributed by atoms with E-state index in [9.17, 15) is 24.0 Å². The molecular weight excluding hydrogens is 344 g/mol. The van der Waals surface area contributed by atoms with E-state index in [4.69, 9.17) is 16.6 Å². The van der Waals surface area contributed by atoms with Gasteiger partial charge >= 0.3 is 5.97 Å². The van der Waals surface area contributed by atoms with Gasteiger partial charge in [0.05, 0.1) is 12.1 Å². The molecule has 4 atom stereocenters. The van der Waals surface area contributed by atoms with E-state index in [2.05, 4.69) is 10.6 Å². The predicted molar refractivity (Wildman–Crippen MR) is 92.3 cm³/mol. The third kappa shape index (κ3) is 9.11. The summed E-state index contributed by atoms with van der Waals surface area (Å²) in [6.07, 6.45) is 1.49. The average molecular weight is 371 g/mol. The molecule has 0 saturated heterocycles. The molecule has 26 heavy (non-hydrogen) atoms. The molecule has 10 nitrogen and oxygen atoms in total. The van der Waals surface area contributed by atoms with E-state index in [0.29, 0.717) is 6.42 Å². The van der Waals surface area contributed by atoms with Crippen LogP contribution in [0.2, 0.25) is 0 Å². The monoisotopic (exact) mass is 371 g/mol. The second-order valence-corrected chi connectivity index (χ2v) is 6.09. The van der Waals surface area contributed by atoms with Crippen LogP contribution in [-0.2, 0) is 24.0 Å². The quantitative estimate of drug-likeness (QED) is 0.263. The Labute approximate surface area is 152 Å². The van der Waals surface area contributed by atoms with Crippen molar-refractivity contribution in [2.24, 2.45) is 17.4 Å². The summed E-state index contributed by atoms with van der Waals surface area (Å²) in [4.78, 5) is 56.9. The van der Waals surface area contributed by atoms with Crippen molar-refractivity contribution in [1.82, 2.24) is 10.6 Å². The molecule has 0 bridgehead atoms. The van der Waals surface area contributed by atoms with Crippen LogP contribution in [0.5, 0.6) is 0 Å². The lowest BCUT2D eigenvalue weighted by Gasteiger charge is -2.23. The van der Waals surface area contributed by atoms with Crippen LogP contribution in [0.4, 0.5) is 0 Å². The number of aliphatic carboxylic acids is 1. The fourth-order valence-corrected chi connectivity index (χ4v) is 2.04. The van der Waals surface area contributed by atoms with Gasteiger partial charge in [0.25, 0.3) is 0 Å². The first kappa shape index (κ1) is 23.5. The number of carboxylic acids is 1. The van der Waals surface area contributed by atoms with E-state index in [1.807, 2.05) is 6.92 Å². The van der Waals surface area contributed by atoms with Crippen molar-refractivity contribution in [2.45, 2.75) is 64.1 Å². The van der Waals surface area contributed by atoms with Crippen molar-refractivity contribution >= 4 is 30.0 Å². The van der Waals surface area contributed by atoms with Crippen LogP contribution in [0.25, 0.3) is 0 Å². The SMILES string of the molecule is CC[C@H](C)[C@H](N)C(=O)N[C@@H](CCC(=O)O)C(=O)N[C@H]([C]=O)CCC(N)=O. The highest BCUT2D eigenvalue weighted by molar-refractivity contribution is 5.91. The van der Waals surface area contributed by atoms with Crippen molar-refractivity contribution in [1.29, 1.82) is 0 Å². The van der Waals surface area contributed by atoms with Gasteiger partial charge in [-0.05, 0) is 18.8 Å². The predicted octanol–water partition coefficient (Wildman–Crippen LogP) is -1.43. The van der Waals surface area contributed by atoms with Gasteiger partial charge in [0.2, 0.25) is 24.0 Å². The molecule has 0 rings (SSSR count). The Bertz CT molecular complexity index is 525. The lowest BCUT2D eigenvalue weighted by molar-refractivity contribution is -0.138. The first-order chi connectivity index (χ1) is 12.1. The van der Waals surface area contributed by atoms with Crippen LogP contribution in [0, 0.1) is 5.92 Å². The molecular formula is C16H27N4O6. The van der Waals surface area contributed by atoms with E-state index < -0.39 is 41.8 Å². The summed E-state index contributed by atoms with van der Waals surface area (Å²) in [5, 5.41) is 13.5. The van der Waals surface area contributed by atoms with E-state index in [1.165, 1.54) is 0 Å². The normalized spacial score (nSPS) is 15.2. The molecule has 7 N–H and O–H groups in total. The van der Waals surface area contributed by atoms with Crippen LogP contribution < -0.4 is 22.1 Å². The number of hydrogen-bond donors (Lipinski definition) is 5. The summed E-state index contributed by atoms with van der Waals surface area (Å²) >= 11 is 0. The molecule has 1 radical (unpaired) electrons. The zero-order valence-electron chi connectivity index (χ0n) is 15.0. The lowest BCUT2D eigenvalue weighted by Crippen LogP contribution is -2.54. The number of carbonyl (C=O) groups excluding carboxylic acids is 4. The number of carboxylic acid groups (broad SMARTS) is 1. The Morgan fingerprint density at radius 3 is 2.15 bits per heavy atom. The standard InChI is InChI=1S/C16H27N4O6/c1-3-9(2)14(18)16(26)20-11(5-7-13(23)24)15(25)19-10(8-21)4-6-12(17)22/h9-11,14H,3-7,18H2,1-2H3,(H2,17,22)(H,19,25)(H,20,26)(H,23,24)/t9-,10-,11-,14-/m0/s1. The Kier molecular flexibility index (Phi) is 10.8. The van der Waals surface area contributed by atoms with Crippen molar-refractivity contribution in [3.63, 3.8) is 0 Å². The summed E-state index contributed by atoms with van der Waals surface area (Å²) in [7, 11) is 0. The zero-order chi connectivity index (χ0) is 20.3. The highest BCUT2D eigenvalue weighted by Crippen LogP contribution is 2.07. The molecule has 0 aliphatic heterocycles. The van der Waals surface area contributed by atoms with Gasteiger partial charge in [0.15, 0.2) is 0 Å². The van der Waals surface area contributed by atoms with Crippen molar-refractivity contribution in [3.05, 3.63) is 0 Å². The number of rotatable bonds is 13. The van der Waals surface area contributed by atoms with E-state index in [1.54, 1.807) is 13.2 Å². The Balaban J connectivity index is 5.00. The van der Waals surface area contributed by atoms with Crippen LogP contribution in [0.15, 0.2) is 0 Å². The van der Waals surface area contributed by atoms with Crippen LogP contribution in [0.3, 0.4) is 0 Å². The third-order valence-electron chi connectivity index (χ3n) is 3.98. The molecule has 0 fully saturated rings. The largest absolute Gasteiger partial charge is 0.481 e. The second kappa shape index (κ2) is 12.0. The topological polar surface area (TPSA) is 182 Å². The van der Waals surface area contributed by atoms with Crippen molar-refractivity contribution in [3.8, 4) is 0 Å². The molecule has 0 aliphatic rings. The molecule has 0 aromatic heterocycles. The number of nitrogens with two attached hydrogens (primary N) is 2. The Hall–Kier alpha value is -2.49. The zero-order valence-corrected chi connectivity index (χ0v) is 15.0. The third-order valence-corrected chi connectivity index (χ3v) is 3.98. The minimum Gasteiger partial charge on any atom is -0.481 e. The second-order valence-electron chi connectivity index (χ2n) is 6.09. The smallest absolute Gasteiger partial charge is 0.303 e. The molecule has 0 spiro atoms. The minimum absolute atomic E-state index is 0.0451. The number of primary amides is 1. The van der Waals surface area contributed by atoms with Gasteiger partial charge in [0, 0.05) is 12.8 Å². The minimum atomic E-state index is -1.18. The van der Waals surface area contributed by atoms with E-state index in [0.717, 1.165) is 0 Å². The van der Waals surface area contributed by atoms with E-state index in [-0.39, 0.29) is 31.6 Å². The summed E-state index contributed by atoms with van der Waals surface area (Å²) in [6.45, 7) is 3.63. The Morgan fingerprint density at radius 1 is 1.08 bits per heavy atom. The van der Waals surface area contributed by atoms with Crippen LogP contribution >= 0.6 is 0 Å². The summed E-state index contributed by atoms with van der Waals surface area (Å²) in [6, 6.07) is -3.14. The molecule has 0 aliphatic carbocycles. The fourth-order valence-electron chi connectivity index (χ4n) is 2.04. The summed E-state index contributed by atoms with van der Waals surface area (Å²) < 4.78 is 0. The number of hydrogen-bond acceptors (Lipinski definition) is 6. The molecule has 0 heterocycles. The van der Waals surface area contributed by atoms with Gasteiger partial charge in [-0.25, -0.2) is 0 Å². The highest BCUT2D eigenvalue weighted by atomic mass is 16.4. The summed E-state index contributed by atoms with van der Waals surface area (Å²) in [5.74, 6) is -3.27. The maximum Gasteiger partial charge on any atom is 0.303 e. The fraction of sp³-hybridized carbons (Fsp3) is 0.688. The summed E-state index contributed by atoms with van der Waals surface area (Å²) in [5.41, 5.74) is 10.8. The molecule has 10 heteroatoms. The first-order valence-electron chi connectivity index (χ1n) is 8.36. The number of amides is 3. The number of carbonyl (C=O) groups is 4. The van der Waals surface area contributed by atoms with Crippen molar-refractivity contribution < 1.29 is 29.1 Å². The maximum atomic E-state index is 12.3. The van der Waals surface area contributed by atoms with Gasteiger partial charge in [-0.1, -0.05) is 20.3 Å². The molecule has 0 unspecified atom stereocenters. The first-order valence-corrected chi connectivity index (χ1v) is 8.36. The van der Waals surface area contributed by atoms with E-state index >= 15 is 0 Å². The van der Waals surface area contributed by atoms with Gasteiger partial charge in [0.1, 0.15) is 6.04 Å². The van der Waals surface area contributed by atoms with Gasteiger partial charge in [-0.3, -0.25) is 24.0 Å².